The molecular formula is C10H13ClN2O2. The first-order chi connectivity index (χ1) is 7.08. The molecule has 82 valence electrons. The minimum atomic E-state index is -0.515. The quantitative estimate of drug-likeness (QED) is 0.809. The Balaban J connectivity index is 2.44. The molecule has 4 nitrogen and oxygen atoms in total. The van der Waals surface area contributed by atoms with Gasteiger partial charge in [0, 0.05) is 12.6 Å². The first-order valence-corrected chi connectivity index (χ1v) is 5.04. The van der Waals surface area contributed by atoms with Gasteiger partial charge in [-0.1, -0.05) is 31.5 Å². The van der Waals surface area contributed by atoms with Gasteiger partial charge in [0.15, 0.2) is 0 Å². The van der Waals surface area contributed by atoms with Gasteiger partial charge in [0.05, 0.1) is 0 Å². The van der Waals surface area contributed by atoms with E-state index in [1.807, 2.05) is 13.8 Å². The molecule has 0 unspecified atom stereocenters. The standard InChI is InChI=1S/C10H13ClN2O2/c1-7(2)6-12-10(14)15-9-5-3-4-8(11)13-9/h3-5,7H,6H2,1-2H3,(H,12,14). The average Bonchev–Trinajstić information content (AvgIpc) is 2.15. The fourth-order valence-corrected chi connectivity index (χ4v) is 1.02. The Morgan fingerprint density at radius 1 is 1.60 bits per heavy atom. The summed E-state index contributed by atoms with van der Waals surface area (Å²) in [5.41, 5.74) is 0. The Kier molecular flexibility index (Phi) is 4.37. The third-order valence-corrected chi connectivity index (χ3v) is 1.75. The molecule has 1 aromatic rings. The van der Waals surface area contributed by atoms with Gasteiger partial charge in [0.25, 0.3) is 0 Å². The second-order valence-corrected chi connectivity index (χ2v) is 3.85. The fourth-order valence-electron chi connectivity index (χ4n) is 0.865. The van der Waals surface area contributed by atoms with Gasteiger partial charge >= 0.3 is 6.09 Å². The van der Waals surface area contributed by atoms with Gasteiger partial charge in [0.1, 0.15) is 5.15 Å². The first kappa shape index (κ1) is 11.8. The van der Waals surface area contributed by atoms with Crippen LogP contribution in [0.15, 0.2) is 18.2 Å². The lowest BCUT2D eigenvalue weighted by Gasteiger charge is -2.07. The molecule has 0 aromatic carbocycles. The summed E-state index contributed by atoms with van der Waals surface area (Å²) >= 11 is 5.63. The Hall–Kier alpha value is -1.29. The molecule has 5 heteroatoms. The molecule has 0 fully saturated rings. The van der Waals surface area contributed by atoms with Crippen molar-refractivity contribution in [3.8, 4) is 5.88 Å². The summed E-state index contributed by atoms with van der Waals surface area (Å²) < 4.78 is 4.90. The van der Waals surface area contributed by atoms with Gasteiger partial charge < -0.3 is 10.1 Å². The molecule has 15 heavy (non-hydrogen) atoms. The molecule has 1 amide bonds. The number of hydrogen-bond acceptors (Lipinski definition) is 3. The van der Waals surface area contributed by atoms with Crippen molar-refractivity contribution in [1.82, 2.24) is 10.3 Å². The number of rotatable bonds is 3. The first-order valence-electron chi connectivity index (χ1n) is 4.66. The van der Waals surface area contributed by atoms with E-state index >= 15 is 0 Å². The SMILES string of the molecule is CC(C)CNC(=O)Oc1cccc(Cl)n1. The van der Waals surface area contributed by atoms with Crippen LogP contribution in [0.25, 0.3) is 0 Å². The molecule has 0 bridgehead atoms. The third-order valence-electron chi connectivity index (χ3n) is 1.54. The zero-order valence-corrected chi connectivity index (χ0v) is 9.41. The van der Waals surface area contributed by atoms with Crippen molar-refractivity contribution < 1.29 is 9.53 Å². The van der Waals surface area contributed by atoms with Gasteiger partial charge in [-0.15, -0.1) is 0 Å². The number of nitrogens with zero attached hydrogens (tertiary/aromatic N) is 1. The molecule has 0 aliphatic heterocycles. The number of halogens is 1. The summed E-state index contributed by atoms with van der Waals surface area (Å²) in [5, 5.41) is 2.90. The van der Waals surface area contributed by atoms with Crippen LogP contribution >= 0.6 is 11.6 Å². The maximum Gasteiger partial charge on any atom is 0.413 e. The molecule has 1 rings (SSSR count). The highest BCUT2D eigenvalue weighted by Gasteiger charge is 2.05. The number of carbonyl (C=O) groups excluding carboxylic acids is 1. The van der Waals surface area contributed by atoms with E-state index in [0.717, 1.165) is 0 Å². The molecule has 1 heterocycles. The smallest absolute Gasteiger partial charge is 0.391 e. The maximum absolute atomic E-state index is 11.2. The van der Waals surface area contributed by atoms with Gasteiger partial charge in [-0.2, -0.15) is 0 Å². The molecule has 0 radical (unpaired) electrons. The summed E-state index contributed by atoms with van der Waals surface area (Å²) in [6.45, 7) is 4.56. The Labute approximate surface area is 93.6 Å². The average molecular weight is 229 g/mol. The minimum absolute atomic E-state index is 0.198. The molecule has 0 aliphatic carbocycles. The Morgan fingerprint density at radius 2 is 2.33 bits per heavy atom. The molecule has 0 atom stereocenters. The van der Waals surface area contributed by atoms with Crippen LogP contribution in [0.1, 0.15) is 13.8 Å². The predicted octanol–water partition coefficient (Wildman–Crippen LogP) is 2.48. The monoisotopic (exact) mass is 228 g/mol. The van der Waals surface area contributed by atoms with E-state index in [0.29, 0.717) is 17.6 Å². The molecule has 1 aromatic heterocycles. The number of aromatic nitrogens is 1. The van der Waals surface area contributed by atoms with Crippen molar-refractivity contribution in [2.24, 2.45) is 5.92 Å². The molecule has 0 aliphatic rings. The van der Waals surface area contributed by atoms with Crippen molar-refractivity contribution in [2.75, 3.05) is 6.54 Å². The lowest BCUT2D eigenvalue weighted by atomic mass is 10.2. The Bertz CT molecular complexity index is 342. The number of ether oxygens (including phenoxy) is 1. The van der Waals surface area contributed by atoms with E-state index in [1.54, 1.807) is 18.2 Å². The van der Waals surface area contributed by atoms with Crippen molar-refractivity contribution in [3.63, 3.8) is 0 Å². The summed E-state index contributed by atoms with van der Waals surface area (Å²) in [7, 11) is 0. The molecule has 0 spiro atoms. The van der Waals surface area contributed by atoms with Gasteiger partial charge in [-0.25, -0.2) is 9.78 Å². The summed E-state index contributed by atoms with van der Waals surface area (Å²) in [6, 6.07) is 4.85. The van der Waals surface area contributed by atoms with E-state index in [2.05, 4.69) is 10.3 Å². The lowest BCUT2D eigenvalue weighted by Crippen LogP contribution is -2.30. The van der Waals surface area contributed by atoms with Crippen LogP contribution in [0.5, 0.6) is 5.88 Å². The van der Waals surface area contributed by atoms with Crippen molar-refractivity contribution in [2.45, 2.75) is 13.8 Å². The van der Waals surface area contributed by atoms with E-state index in [1.165, 1.54) is 0 Å². The molecule has 1 N–H and O–H groups in total. The maximum atomic E-state index is 11.2. The van der Waals surface area contributed by atoms with Gasteiger partial charge in [0.2, 0.25) is 5.88 Å². The van der Waals surface area contributed by atoms with Crippen LogP contribution in [-0.2, 0) is 0 Å². The van der Waals surface area contributed by atoms with E-state index in [4.69, 9.17) is 16.3 Å². The van der Waals surface area contributed by atoms with Crippen LogP contribution in [-0.4, -0.2) is 17.6 Å². The lowest BCUT2D eigenvalue weighted by molar-refractivity contribution is 0.197. The fraction of sp³-hybridized carbons (Fsp3) is 0.400. The normalized spacial score (nSPS) is 10.1. The largest absolute Gasteiger partial charge is 0.413 e. The van der Waals surface area contributed by atoms with Gasteiger partial charge in [-0.05, 0) is 12.0 Å². The van der Waals surface area contributed by atoms with Crippen LogP contribution in [0.2, 0.25) is 5.15 Å². The molecule has 0 saturated carbocycles. The highest BCUT2D eigenvalue weighted by Crippen LogP contribution is 2.11. The van der Waals surface area contributed by atoms with E-state index in [-0.39, 0.29) is 5.88 Å². The van der Waals surface area contributed by atoms with Crippen molar-refractivity contribution in [1.29, 1.82) is 0 Å². The van der Waals surface area contributed by atoms with Crippen LogP contribution < -0.4 is 10.1 Å². The second kappa shape index (κ2) is 5.56. The zero-order chi connectivity index (χ0) is 11.3. The van der Waals surface area contributed by atoms with Crippen LogP contribution in [0, 0.1) is 5.92 Å². The van der Waals surface area contributed by atoms with Gasteiger partial charge in [-0.3, -0.25) is 0 Å². The topological polar surface area (TPSA) is 51.2 Å². The highest BCUT2D eigenvalue weighted by atomic mass is 35.5. The van der Waals surface area contributed by atoms with E-state index in [9.17, 15) is 4.79 Å². The molecule has 0 saturated heterocycles. The minimum Gasteiger partial charge on any atom is -0.391 e. The van der Waals surface area contributed by atoms with Crippen LogP contribution in [0.3, 0.4) is 0 Å². The summed E-state index contributed by atoms with van der Waals surface area (Å²) in [6.07, 6.45) is -0.515. The summed E-state index contributed by atoms with van der Waals surface area (Å²) in [4.78, 5) is 15.0. The number of nitrogens with one attached hydrogen (secondary N) is 1. The zero-order valence-electron chi connectivity index (χ0n) is 8.66. The number of pyridine rings is 1. The van der Waals surface area contributed by atoms with Crippen LogP contribution in [0.4, 0.5) is 4.79 Å². The Morgan fingerprint density at radius 3 is 2.93 bits per heavy atom. The van der Waals surface area contributed by atoms with Crippen molar-refractivity contribution >= 4 is 17.7 Å². The van der Waals surface area contributed by atoms with E-state index < -0.39 is 6.09 Å². The number of amides is 1. The number of carbonyl (C=O) groups is 1. The summed E-state index contributed by atoms with van der Waals surface area (Å²) in [5.74, 6) is 0.577. The molecular weight excluding hydrogens is 216 g/mol. The number of hydrogen-bond donors (Lipinski definition) is 1. The highest BCUT2D eigenvalue weighted by molar-refractivity contribution is 6.29. The second-order valence-electron chi connectivity index (χ2n) is 3.46. The predicted molar refractivity (Wildman–Crippen MR) is 58.1 cm³/mol. The third kappa shape index (κ3) is 4.65. The van der Waals surface area contributed by atoms with Crippen molar-refractivity contribution in [3.05, 3.63) is 23.4 Å².